The lowest BCUT2D eigenvalue weighted by Gasteiger charge is -2.11. The van der Waals surface area contributed by atoms with Crippen molar-refractivity contribution in [3.8, 4) is 5.75 Å². The van der Waals surface area contributed by atoms with Gasteiger partial charge in [-0.3, -0.25) is 0 Å². The van der Waals surface area contributed by atoms with Crippen molar-refractivity contribution in [2.45, 2.75) is 0 Å². The second-order valence-electron chi connectivity index (χ2n) is 3.49. The van der Waals surface area contributed by atoms with Gasteiger partial charge in [0.2, 0.25) is 0 Å². The fourth-order valence-corrected chi connectivity index (χ4v) is 2.41. The number of hydrogen-bond acceptors (Lipinski definition) is 6. The fourth-order valence-electron chi connectivity index (χ4n) is 1.23. The average molecular weight is 409 g/mol. The fraction of sp³-hybridized carbons (Fsp3) is 0.167. The summed E-state index contributed by atoms with van der Waals surface area (Å²) in [6, 6.07) is 3.07. The number of ether oxygens (including phenoxy) is 2. The van der Waals surface area contributed by atoms with Gasteiger partial charge in [-0.2, -0.15) is 0 Å². The van der Waals surface area contributed by atoms with Crippen LogP contribution in [0.4, 0.5) is 5.69 Å². The van der Waals surface area contributed by atoms with Gasteiger partial charge >= 0.3 is 11.9 Å². The van der Waals surface area contributed by atoms with Gasteiger partial charge in [0.25, 0.3) is 0 Å². The van der Waals surface area contributed by atoms with Crippen LogP contribution in [-0.4, -0.2) is 31.3 Å². The van der Waals surface area contributed by atoms with E-state index >= 15 is 0 Å². The Bertz CT molecular complexity index is 548. The number of phenols is 1. The summed E-state index contributed by atoms with van der Waals surface area (Å²) in [7, 11) is 2.39. The topological polar surface area (TPSA) is 84.9 Å². The van der Waals surface area contributed by atoms with E-state index in [1.54, 1.807) is 0 Å². The van der Waals surface area contributed by atoms with Crippen LogP contribution in [0.3, 0.4) is 0 Å². The SMILES string of the molecule is COC(=O)/C=C(/Nc1cc(Br)c(O)c(Br)c1)C(=O)OC. The van der Waals surface area contributed by atoms with Gasteiger partial charge in [-0.25, -0.2) is 9.59 Å². The van der Waals surface area contributed by atoms with Crippen LogP contribution in [0.25, 0.3) is 0 Å². The van der Waals surface area contributed by atoms with Gasteiger partial charge in [-0.05, 0) is 44.0 Å². The lowest BCUT2D eigenvalue weighted by molar-refractivity contribution is -0.138. The van der Waals surface area contributed by atoms with Crippen molar-refractivity contribution in [1.82, 2.24) is 0 Å². The summed E-state index contributed by atoms with van der Waals surface area (Å²) in [4.78, 5) is 22.8. The number of anilines is 1. The Morgan fingerprint density at radius 3 is 2.20 bits per heavy atom. The molecule has 0 aliphatic heterocycles. The van der Waals surface area contributed by atoms with E-state index < -0.39 is 11.9 Å². The predicted molar refractivity (Wildman–Crippen MR) is 79.2 cm³/mol. The molecule has 108 valence electrons. The maximum Gasteiger partial charge on any atom is 0.354 e. The standard InChI is InChI=1S/C12H11Br2NO5/c1-19-10(16)5-9(12(18)20-2)15-6-3-7(13)11(17)8(14)4-6/h3-5,15,17H,1-2H3/b9-5+. The van der Waals surface area contributed by atoms with E-state index in [0.29, 0.717) is 14.6 Å². The van der Waals surface area contributed by atoms with Crippen molar-refractivity contribution in [1.29, 1.82) is 0 Å². The van der Waals surface area contributed by atoms with Gasteiger partial charge in [0.1, 0.15) is 11.4 Å². The van der Waals surface area contributed by atoms with Gasteiger partial charge in [0.15, 0.2) is 0 Å². The number of halogens is 2. The van der Waals surface area contributed by atoms with Crippen molar-refractivity contribution in [3.63, 3.8) is 0 Å². The summed E-state index contributed by atoms with van der Waals surface area (Å²) in [6.45, 7) is 0. The number of hydrogen-bond donors (Lipinski definition) is 2. The molecule has 0 aliphatic rings. The summed E-state index contributed by atoms with van der Waals surface area (Å²) in [5, 5.41) is 12.3. The minimum absolute atomic E-state index is 0.0205. The number of carbonyl (C=O) groups excluding carboxylic acids is 2. The monoisotopic (exact) mass is 407 g/mol. The molecule has 0 spiro atoms. The van der Waals surface area contributed by atoms with Crippen LogP contribution in [0.2, 0.25) is 0 Å². The third kappa shape index (κ3) is 4.24. The molecular weight excluding hydrogens is 398 g/mol. The normalized spacial score (nSPS) is 10.9. The second kappa shape index (κ2) is 7.30. The molecule has 1 aromatic carbocycles. The van der Waals surface area contributed by atoms with E-state index in [0.717, 1.165) is 6.08 Å². The Morgan fingerprint density at radius 2 is 1.75 bits per heavy atom. The van der Waals surface area contributed by atoms with E-state index in [-0.39, 0.29) is 11.4 Å². The van der Waals surface area contributed by atoms with Gasteiger partial charge in [0, 0.05) is 5.69 Å². The minimum atomic E-state index is -0.726. The molecule has 1 aromatic rings. The van der Waals surface area contributed by atoms with Crippen molar-refractivity contribution < 1.29 is 24.2 Å². The Kier molecular flexibility index (Phi) is 6.03. The van der Waals surface area contributed by atoms with Gasteiger partial charge < -0.3 is 19.9 Å². The molecule has 20 heavy (non-hydrogen) atoms. The molecule has 0 fully saturated rings. The van der Waals surface area contributed by atoms with Crippen LogP contribution in [-0.2, 0) is 19.1 Å². The Balaban J connectivity index is 3.10. The number of nitrogens with one attached hydrogen (secondary N) is 1. The Labute approximate surface area is 132 Å². The first-order valence-electron chi connectivity index (χ1n) is 5.22. The molecule has 0 saturated heterocycles. The van der Waals surface area contributed by atoms with E-state index in [9.17, 15) is 14.7 Å². The van der Waals surface area contributed by atoms with E-state index in [4.69, 9.17) is 0 Å². The first-order valence-corrected chi connectivity index (χ1v) is 6.80. The van der Waals surface area contributed by atoms with Crippen molar-refractivity contribution in [3.05, 3.63) is 32.9 Å². The maximum atomic E-state index is 11.6. The van der Waals surface area contributed by atoms with Crippen molar-refractivity contribution in [2.75, 3.05) is 19.5 Å². The summed E-state index contributed by atoms with van der Waals surface area (Å²) in [5.41, 5.74) is 0.367. The van der Waals surface area contributed by atoms with Crippen molar-refractivity contribution >= 4 is 49.5 Å². The Morgan fingerprint density at radius 1 is 1.20 bits per heavy atom. The number of rotatable bonds is 4. The van der Waals surface area contributed by atoms with Crippen LogP contribution >= 0.6 is 31.9 Å². The lowest BCUT2D eigenvalue weighted by atomic mass is 10.3. The number of carbonyl (C=O) groups is 2. The molecule has 0 aliphatic carbocycles. The first kappa shape index (κ1) is 16.5. The van der Waals surface area contributed by atoms with Crippen LogP contribution < -0.4 is 5.32 Å². The number of esters is 2. The van der Waals surface area contributed by atoms with E-state index in [2.05, 4.69) is 46.7 Å². The van der Waals surface area contributed by atoms with Crippen LogP contribution in [0.15, 0.2) is 32.9 Å². The van der Waals surface area contributed by atoms with Gasteiger partial charge in [-0.1, -0.05) is 0 Å². The molecule has 0 radical (unpaired) electrons. The number of aromatic hydroxyl groups is 1. The quantitative estimate of drug-likeness (QED) is 0.452. The highest BCUT2D eigenvalue weighted by molar-refractivity contribution is 9.11. The summed E-state index contributed by atoms with van der Waals surface area (Å²) >= 11 is 6.32. The summed E-state index contributed by atoms with van der Waals surface area (Å²) in [5.74, 6) is -1.40. The van der Waals surface area contributed by atoms with E-state index in [1.165, 1.54) is 26.4 Å². The zero-order valence-corrected chi connectivity index (χ0v) is 13.7. The lowest BCUT2D eigenvalue weighted by Crippen LogP contribution is -2.15. The molecule has 0 bridgehead atoms. The summed E-state index contributed by atoms with van der Waals surface area (Å²) < 4.78 is 9.85. The molecule has 6 nitrogen and oxygen atoms in total. The third-order valence-corrected chi connectivity index (χ3v) is 3.37. The molecule has 0 aromatic heterocycles. The van der Waals surface area contributed by atoms with E-state index in [1.807, 2.05) is 0 Å². The third-order valence-electron chi connectivity index (χ3n) is 2.16. The number of benzene rings is 1. The number of methoxy groups -OCH3 is 2. The zero-order valence-electron chi connectivity index (χ0n) is 10.6. The molecule has 8 heteroatoms. The van der Waals surface area contributed by atoms with Gasteiger partial charge in [0.05, 0.1) is 29.2 Å². The molecule has 2 N–H and O–H groups in total. The number of phenolic OH excluding ortho intramolecular Hbond substituents is 1. The molecule has 1 rings (SSSR count). The smallest absolute Gasteiger partial charge is 0.354 e. The average Bonchev–Trinajstić information content (AvgIpc) is 2.42. The first-order chi connectivity index (χ1) is 9.38. The van der Waals surface area contributed by atoms with Gasteiger partial charge in [-0.15, -0.1) is 0 Å². The minimum Gasteiger partial charge on any atom is -0.506 e. The molecule has 0 unspecified atom stereocenters. The largest absolute Gasteiger partial charge is 0.506 e. The highest BCUT2D eigenvalue weighted by atomic mass is 79.9. The van der Waals surface area contributed by atoms with Crippen LogP contribution in [0.1, 0.15) is 0 Å². The molecule has 0 saturated carbocycles. The van der Waals surface area contributed by atoms with Crippen molar-refractivity contribution in [2.24, 2.45) is 0 Å². The molecule has 0 atom stereocenters. The predicted octanol–water partition coefficient (Wildman–Crippen LogP) is 2.56. The second-order valence-corrected chi connectivity index (χ2v) is 5.19. The highest BCUT2D eigenvalue weighted by Crippen LogP contribution is 2.35. The van der Waals surface area contributed by atoms with Crippen LogP contribution in [0.5, 0.6) is 5.75 Å². The highest BCUT2D eigenvalue weighted by Gasteiger charge is 2.14. The zero-order chi connectivity index (χ0) is 15.3. The summed E-state index contributed by atoms with van der Waals surface area (Å²) in [6.07, 6.45) is 0.973. The molecule has 0 heterocycles. The Hall–Kier alpha value is -1.54. The molecule has 0 amide bonds. The maximum absolute atomic E-state index is 11.6. The molecular formula is C12H11Br2NO5. The van der Waals surface area contributed by atoms with Crippen LogP contribution in [0, 0.1) is 0 Å².